The van der Waals surface area contributed by atoms with Gasteiger partial charge in [0.05, 0.1) is 6.10 Å². The Morgan fingerprint density at radius 2 is 2.03 bits per heavy atom. The summed E-state index contributed by atoms with van der Waals surface area (Å²) in [6, 6.07) is 7.62. The quantitative estimate of drug-likeness (QED) is 0.103. The van der Waals surface area contributed by atoms with Gasteiger partial charge in [0.25, 0.3) is 5.56 Å². The number of carbonyl (C=O) groups excluding carboxylic acids is 1. The van der Waals surface area contributed by atoms with Gasteiger partial charge in [-0.2, -0.15) is 0 Å². The standard InChI is InChI=1S/C21H24FN6O9P/c1-12(2)35-19(31)13(3)28(37-14-7-5-4-6-8-14)38(33)34-11-21(25-26-23)17(22)16(30)18(36-21)27-10-9-15(29)24-20(27)32/h4-10,12-13,16-18,30H,11H2,1-3H3/p+1/t13?,16-,17+,18-,21-/m1/s1. The molecule has 1 fully saturated rings. The predicted octanol–water partition coefficient (Wildman–Crippen LogP) is 2.08. The summed E-state index contributed by atoms with van der Waals surface area (Å²) >= 11 is 0. The van der Waals surface area contributed by atoms with Gasteiger partial charge in [0.2, 0.25) is 5.72 Å². The fraction of sp³-hybridized carbons (Fsp3) is 0.476. The van der Waals surface area contributed by atoms with Crippen LogP contribution in [0.2, 0.25) is 0 Å². The molecule has 2 unspecified atom stereocenters. The van der Waals surface area contributed by atoms with Crippen molar-refractivity contribution in [3.05, 3.63) is 73.9 Å². The number of para-hydroxylation sites is 1. The predicted molar refractivity (Wildman–Crippen MR) is 127 cm³/mol. The minimum atomic E-state index is -3.10. The molecule has 1 aromatic heterocycles. The van der Waals surface area contributed by atoms with Gasteiger partial charge < -0.3 is 19.4 Å². The number of hydrogen-bond acceptors (Lipinski definition) is 10. The molecule has 1 aromatic carbocycles. The summed E-state index contributed by atoms with van der Waals surface area (Å²) in [5.74, 6) is -0.622. The van der Waals surface area contributed by atoms with Gasteiger partial charge in [-0.1, -0.05) is 23.3 Å². The third-order valence-corrected chi connectivity index (χ3v) is 6.30. The molecule has 15 nitrogen and oxygen atoms in total. The maximum absolute atomic E-state index is 15.3. The van der Waals surface area contributed by atoms with E-state index >= 15 is 4.39 Å². The largest absolute Gasteiger partial charge is 0.653 e. The van der Waals surface area contributed by atoms with E-state index in [4.69, 9.17) is 24.4 Å². The van der Waals surface area contributed by atoms with Crippen molar-refractivity contribution in [1.29, 1.82) is 0 Å². The first kappa shape index (κ1) is 28.9. The molecule has 1 aliphatic heterocycles. The molecule has 1 saturated heterocycles. The van der Waals surface area contributed by atoms with E-state index in [-0.39, 0.29) is 5.75 Å². The molecule has 0 saturated carbocycles. The van der Waals surface area contributed by atoms with Gasteiger partial charge >= 0.3 is 19.8 Å². The number of alkyl halides is 1. The molecule has 2 N–H and O–H groups in total. The smallest absolute Gasteiger partial charge is 0.462 e. The van der Waals surface area contributed by atoms with Crippen LogP contribution in [0.4, 0.5) is 4.39 Å². The average Bonchev–Trinajstić information content (AvgIpc) is 3.11. The second-order valence-corrected chi connectivity index (χ2v) is 9.46. The van der Waals surface area contributed by atoms with E-state index in [2.05, 4.69) is 10.0 Å². The van der Waals surface area contributed by atoms with Crippen molar-refractivity contribution in [3.63, 3.8) is 0 Å². The summed E-state index contributed by atoms with van der Waals surface area (Å²) < 4.78 is 44.9. The molecule has 6 atom stereocenters. The molecule has 2 heterocycles. The van der Waals surface area contributed by atoms with Crippen LogP contribution in [0.15, 0.2) is 57.3 Å². The Balaban J connectivity index is 1.86. The maximum Gasteiger partial charge on any atom is 0.653 e. The minimum Gasteiger partial charge on any atom is -0.462 e. The summed E-state index contributed by atoms with van der Waals surface area (Å²) in [7, 11) is -3.10. The van der Waals surface area contributed by atoms with Crippen LogP contribution in [0.25, 0.3) is 10.4 Å². The lowest BCUT2D eigenvalue weighted by Crippen LogP contribution is -2.43. The number of aliphatic hydroxyl groups is 1. The summed E-state index contributed by atoms with van der Waals surface area (Å²) in [5, 5.41) is 13.7. The van der Waals surface area contributed by atoms with Crippen LogP contribution in [-0.2, 0) is 23.4 Å². The third kappa shape index (κ3) is 6.42. The summed E-state index contributed by atoms with van der Waals surface area (Å²) in [6.45, 7) is 3.53. The normalized spacial score (nSPS) is 24.1. The topological polar surface area (TPSA) is 198 Å². The van der Waals surface area contributed by atoms with Crippen molar-refractivity contribution >= 4 is 14.1 Å². The Morgan fingerprint density at radius 1 is 1.34 bits per heavy atom. The highest BCUT2D eigenvalue weighted by atomic mass is 31.1. The molecule has 204 valence electrons. The number of nitrogens with one attached hydrogen (secondary N) is 1. The van der Waals surface area contributed by atoms with Crippen molar-refractivity contribution in [2.45, 2.75) is 57.1 Å². The number of nitrogens with zero attached hydrogens (tertiary/aromatic N) is 5. The number of esters is 1. The molecule has 38 heavy (non-hydrogen) atoms. The number of hydroxylamine groups is 1. The number of hydrogen-bond donors (Lipinski definition) is 2. The van der Waals surface area contributed by atoms with Gasteiger partial charge in [0, 0.05) is 17.2 Å². The van der Waals surface area contributed by atoms with Crippen LogP contribution in [0.1, 0.15) is 27.0 Å². The van der Waals surface area contributed by atoms with E-state index in [1.807, 2.05) is 4.98 Å². The Hall–Kier alpha value is -3.65. The van der Waals surface area contributed by atoms with Crippen LogP contribution < -0.4 is 16.1 Å². The number of halogens is 1. The Bertz CT molecular complexity index is 1320. The zero-order valence-corrected chi connectivity index (χ0v) is 21.3. The number of azide groups is 1. The molecule has 0 amide bonds. The lowest BCUT2D eigenvalue weighted by Gasteiger charge is -2.23. The van der Waals surface area contributed by atoms with Crippen molar-refractivity contribution < 1.29 is 37.7 Å². The van der Waals surface area contributed by atoms with Crippen LogP contribution in [0, 0.1) is 0 Å². The molecule has 0 spiro atoms. The molecule has 0 bridgehead atoms. The minimum absolute atomic E-state index is 0.182. The molecule has 3 rings (SSSR count). The molecule has 2 aromatic rings. The van der Waals surface area contributed by atoms with Crippen molar-refractivity contribution in [1.82, 2.24) is 14.4 Å². The number of rotatable bonds is 11. The number of benzene rings is 1. The maximum atomic E-state index is 15.3. The average molecular weight is 555 g/mol. The first-order chi connectivity index (χ1) is 18.0. The second kappa shape index (κ2) is 12.3. The zero-order chi connectivity index (χ0) is 28.0. The lowest BCUT2D eigenvalue weighted by atomic mass is 10.1. The fourth-order valence-corrected chi connectivity index (χ4v) is 4.32. The highest BCUT2D eigenvalue weighted by molar-refractivity contribution is 7.36. The fourth-order valence-electron chi connectivity index (χ4n) is 3.37. The van der Waals surface area contributed by atoms with E-state index in [0.717, 1.165) is 12.3 Å². The highest BCUT2D eigenvalue weighted by Crippen LogP contribution is 2.43. The lowest BCUT2D eigenvalue weighted by molar-refractivity contribution is -0.159. The van der Waals surface area contributed by atoms with Crippen molar-refractivity contribution in [2.24, 2.45) is 5.11 Å². The van der Waals surface area contributed by atoms with Gasteiger partial charge in [0.15, 0.2) is 24.2 Å². The first-order valence-electron chi connectivity index (χ1n) is 11.2. The number of carbonyl (C=O) groups is 1. The van der Waals surface area contributed by atoms with Crippen molar-refractivity contribution in [2.75, 3.05) is 6.61 Å². The van der Waals surface area contributed by atoms with Crippen molar-refractivity contribution in [3.8, 4) is 5.75 Å². The van der Waals surface area contributed by atoms with Crippen LogP contribution in [0.5, 0.6) is 5.75 Å². The number of ether oxygens (including phenoxy) is 2. The Labute approximate surface area is 215 Å². The van der Waals surface area contributed by atoms with Gasteiger partial charge in [-0.15, -0.1) is 4.52 Å². The molecule has 0 radical (unpaired) electrons. The van der Waals surface area contributed by atoms with Gasteiger partial charge in [-0.3, -0.25) is 19.1 Å². The summed E-state index contributed by atoms with van der Waals surface area (Å²) in [4.78, 5) is 46.7. The van der Waals surface area contributed by atoms with Gasteiger partial charge in [-0.05, 0) is 43.0 Å². The molecule has 0 aliphatic carbocycles. The monoisotopic (exact) mass is 555 g/mol. The van der Waals surface area contributed by atoms with Gasteiger partial charge in [0.1, 0.15) is 17.5 Å². The van der Waals surface area contributed by atoms with E-state index in [0.29, 0.717) is 9.40 Å². The van der Waals surface area contributed by atoms with E-state index < -0.39 is 68.4 Å². The van der Waals surface area contributed by atoms with Gasteiger partial charge in [-0.25, -0.2) is 9.18 Å². The number of aromatic nitrogens is 2. The molecule has 17 heteroatoms. The highest BCUT2D eigenvalue weighted by Gasteiger charge is 2.59. The third-order valence-electron chi connectivity index (χ3n) is 5.20. The summed E-state index contributed by atoms with van der Waals surface area (Å²) in [5.41, 5.74) is 4.68. The molecule has 1 aliphatic rings. The van der Waals surface area contributed by atoms with E-state index in [1.165, 1.54) is 19.1 Å². The first-order valence-corrected chi connectivity index (χ1v) is 12.3. The number of aliphatic hydroxyl groups excluding tert-OH is 1. The SMILES string of the molecule is CC(C)OC(=O)C(C)N(Oc1ccccc1)[P+](=O)OC[C@@]1(N=[N+]=[N-])O[C@@H](n2ccc(=O)[nH]c2=O)[C@H](O)[C@@H]1F. The number of aromatic amines is 1. The van der Waals surface area contributed by atoms with Crippen LogP contribution >= 0.6 is 8.18 Å². The zero-order valence-electron chi connectivity index (χ0n) is 20.4. The Morgan fingerprint density at radius 3 is 2.63 bits per heavy atom. The Kier molecular flexibility index (Phi) is 9.33. The second-order valence-electron chi connectivity index (χ2n) is 8.33. The van der Waals surface area contributed by atoms with Crippen LogP contribution in [0.3, 0.4) is 0 Å². The number of H-pyrrole nitrogens is 1. The summed E-state index contributed by atoms with van der Waals surface area (Å²) in [6.07, 6.45) is -5.80. The van der Waals surface area contributed by atoms with Crippen LogP contribution in [-0.4, -0.2) is 62.2 Å². The molecular weight excluding hydrogens is 530 g/mol. The van der Waals surface area contributed by atoms with E-state index in [9.17, 15) is 24.1 Å². The van der Waals surface area contributed by atoms with E-state index in [1.54, 1.807) is 32.0 Å². The molecular formula is C21H25FN6O9P+.